The second-order valence-corrected chi connectivity index (χ2v) is 4.84. The molecule has 0 aliphatic rings. The van der Waals surface area contributed by atoms with E-state index in [0.717, 1.165) is 32.7 Å². The predicted octanol–water partition coefficient (Wildman–Crippen LogP) is 2.17. The highest BCUT2D eigenvalue weighted by molar-refractivity contribution is 4.55. The van der Waals surface area contributed by atoms with Crippen molar-refractivity contribution in [2.45, 2.75) is 59.1 Å². The molecule has 0 fully saturated rings. The van der Waals surface area contributed by atoms with Crippen LogP contribution in [-0.2, 0) is 4.74 Å². The lowest BCUT2D eigenvalue weighted by atomic mass is 10.3. The molecule has 2 N–H and O–H groups in total. The Balaban J connectivity index is 2.93. The van der Waals surface area contributed by atoms with Gasteiger partial charge >= 0.3 is 0 Å². The molecule has 0 aliphatic heterocycles. The van der Waals surface area contributed by atoms with E-state index in [1.165, 1.54) is 12.8 Å². The summed E-state index contributed by atoms with van der Waals surface area (Å²) in [6.07, 6.45) is 3.95. The molecule has 0 amide bonds. The van der Waals surface area contributed by atoms with E-state index in [1.807, 2.05) is 0 Å². The highest BCUT2D eigenvalue weighted by atomic mass is 16.5. The second kappa shape index (κ2) is 11.4. The first-order valence-corrected chi connectivity index (χ1v) is 6.68. The van der Waals surface area contributed by atoms with E-state index >= 15 is 0 Å². The van der Waals surface area contributed by atoms with Crippen molar-refractivity contribution in [2.75, 3.05) is 26.2 Å². The van der Waals surface area contributed by atoms with Crippen LogP contribution in [0.25, 0.3) is 0 Å². The van der Waals surface area contributed by atoms with E-state index in [4.69, 9.17) is 4.74 Å². The van der Waals surface area contributed by atoms with Gasteiger partial charge in [0, 0.05) is 12.6 Å². The lowest BCUT2D eigenvalue weighted by Crippen LogP contribution is -2.27. The van der Waals surface area contributed by atoms with Crippen LogP contribution in [0.5, 0.6) is 0 Å². The molecular formula is C13H30N2O. The first-order valence-electron chi connectivity index (χ1n) is 6.68. The van der Waals surface area contributed by atoms with E-state index in [1.54, 1.807) is 0 Å². The predicted molar refractivity (Wildman–Crippen MR) is 70.9 cm³/mol. The van der Waals surface area contributed by atoms with Gasteiger partial charge in [-0.2, -0.15) is 0 Å². The number of hydrogen-bond acceptors (Lipinski definition) is 3. The number of ether oxygens (including phenoxy) is 1. The van der Waals surface area contributed by atoms with Gasteiger partial charge in [0.2, 0.25) is 0 Å². The lowest BCUT2D eigenvalue weighted by molar-refractivity contribution is 0.0760. The zero-order valence-corrected chi connectivity index (χ0v) is 11.5. The Kier molecular flexibility index (Phi) is 11.3. The van der Waals surface area contributed by atoms with Crippen LogP contribution in [-0.4, -0.2) is 38.4 Å². The Morgan fingerprint density at radius 2 is 1.56 bits per heavy atom. The van der Waals surface area contributed by atoms with Crippen molar-refractivity contribution in [3.05, 3.63) is 0 Å². The Labute approximate surface area is 101 Å². The normalized spacial score (nSPS) is 11.6. The average molecular weight is 230 g/mol. The minimum absolute atomic E-state index is 0.370. The van der Waals surface area contributed by atoms with E-state index in [-0.39, 0.29) is 0 Å². The largest absolute Gasteiger partial charge is 0.379 e. The molecule has 0 atom stereocenters. The summed E-state index contributed by atoms with van der Waals surface area (Å²) in [7, 11) is 0. The zero-order valence-electron chi connectivity index (χ0n) is 11.5. The zero-order chi connectivity index (χ0) is 12.2. The third-order valence-electron chi connectivity index (χ3n) is 2.28. The number of unbranched alkanes of at least 4 members (excludes halogenated alkanes) is 1. The molecule has 0 aromatic heterocycles. The van der Waals surface area contributed by atoms with E-state index in [9.17, 15) is 0 Å². The third-order valence-corrected chi connectivity index (χ3v) is 2.28. The maximum Gasteiger partial charge on any atom is 0.0518 e. The van der Waals surface area contributed by atoms with Crippen molar-refractivity contribution in [1.82, 2.24) is 10.6 Å². The Morgan fingerprint density at radius 3 is 2.19 bits per heavy atom. The molecule has 0 rings (SSSR count). The molecule has 0 bridgehead atoms. The van der Waals surface area contributed by atoms with Crippen LogP contribution in [0.3, 0.4) is 0 Å². The smallest absolute Gasteiger partial charge is 0.0518 e. The fourth-order valence-corrected chi connectivity index (χ4v) is 1.40. The Hall–Kier alpha value is -0.120. The van der Waals surface area contributed by atoms with Gasteiger partial charge < -0.3 is 15.4 Å². The monoisotopic (exact) mass is 230 g/mol. The van der Waals surface area contributed by atoms with E-state index in [0.29, 0.717) is 12.1 Å². The van der Waals surface area contributed by atoms with Gasteiger partial charge in [0.15, 0.2) is 0 Å². The molecule has 0 saturated heterocycles. The molecule has 0 aliphatic carbocycles. The summed E-state index contributed by atoms with van der Waals surface area (Å²) in [5, 5.41) is 6.86. The molecule has 0 aromatic carbocycles. The maximum absolute atomic E-state index is 5.48. The molecule has 0 aromatic rings. The molecule has 3 heteroatoms. The number of hydrogen-bond donors (Lipinski definition) is 2. The van der Waals surface area contributed by atoms with Crippen LogP contribution >= 0.6 is 0 Å². The highest BCUT2D eigenvalue weighted by Gasteiger charge is 1.94. The summed E-state index contributed by atoms with van der Waals surface area (Å²) in [5.74, 6) is 0. The fraction of sp³-hybridized carbons (Fsp3) is 1.00. The summed E-state index contributed by atoms with van der Waals surface area (Å²) in [6, 6.07) is 0.605. The number of rotatable bonds is 11. The molecule has 0 saturated carbocycles. The Bertz CT molecular complexity index is 122. The average Bonchev–Trinajstić information content (AvgIpc) is 2.20. The van der Waals surface area contributed by atoms with Crippen molar-refractivity contribution >= 4 is 0 Å². The summed E-state index contributed by atoms with van der Waals surface area (Å²) in [5.41, 5.74) is 0. The first kappa shape index (κ1) is 15.9. The Morgan fingerprint density at radius 1 is 0.875 bits per heavy atom. The van der Waals surface area contributed by atoms with Gasteiger partial charge in [-0.1, -0.05) is 13.8 Å². The fourth-order valence-electron chi connectivity index (χ4n) is 1.40. The SMILES string of the molecule is CC(C)NCCCNCCCCOC(C)C. The molecule has 3 nitrogen and oxygen atoms in total. The van der Waals surface area contributed by atoms with Gasteiger partial charge in [-0.15, -0.1) is 0 Å². The summed E-state index contributed by atoms with van der Waals surface area (Å²) >= 11 is 0. The van der Waals surface area contributed by atoms with Crippen molar-refractivity contribution in [2.24, 2.45) is 0 Å². The summed E-state index contributed by atoms with van der Waals surface area (Å²) in [6.45, 7) is 12.8. The molecule has 0 spiro atoms. The summed E-state index contributed by atoms with van der Waals surface area (Å²) < 4.78 is 5.48. The van der Waals surface area contributed by atoms with Crippen LogP contribution in [0.4, 0.5) is 0 Å². The van der Waals surface area contributed by atoms with E-state index < -0.39 is 0 Å². The van der Waals surface area contributed by atoms with Crippen molar-refractivity contribution < 1.29 is 4.74 Å². The molecule has 16 heavy (non-hydrogen) atoms. The molecular weight excluding hydrogens is 200 g/mol. The van der Waals surface area contributed by atoms with Crippen LogP contribution in [0.2, 0.25) is 0 Å². The van der Waals surface area contributed by atoms with Crippen molar-refractivity contribution in [1.29, 1.82) is 0 Å². The standard InChI is InChI=1S/C13H30N2O/c1-12(2)15-10-7-9-14-8-5-6-11-16-13(3)4/h12-15H,5-11H2,1-4H3. The van der Waals surface area contributed by atoms with Crippen LogP contribution in [0.15, 0.2) is 0 Å². The molecule has 0 heterocycles. The van der Waals surface area contributed by atoms with Gasteiger partial charge in [0.25, 0.3) is 0 Å². The molecule has 98 valence electrons. The topological polar surface area (TPSA) is 33.3 Å². The quantitative estimate of drug-likeness (QED) is 0.534. The van der Waals surface area contributed by atoms with Crippen LogP contribution in [0, 0.1) is 0 Å². The third kappa shape index (κ3) is 13.9. The molecule has 0 radical (unpaired) electrons. The van der Waals surface area contributed by atoms with Gasteiger partial charge in [0.1, 0.15) is 0 Å². The number of nitrogens with one attached hydrogen (secondary N) is 2. The maximum atomic E-state index is 5.48. The second-order valence-electron chi connectivity index (χ2n) is 4.84. The minimum atomic E-state index is 0.370. The van der Waals surface area contributed by atoms with E-state index in [2.05, 4.69) is 38.3 Å². The van der Waals surface area contributed by atoms with Gasteiger partial charge in [0.05, 0.1) is 6.10 Å². The van der Waals surface area contributed by atoms with Gasteiger partial charge in [-0.05, 0) is 52.7 Å². The lowest BCUT2D eigenvalue weighted by Gasteiger charge is -2.09. The van der Waals surface area contributed by atoms with Crippen LogP contribution in [0.1, 0.15) is 47.0 Å². The summed E-state index contributed by atoms with van der Waals surface area (Å²) in [4.78, 5) is 0. The highest BCUT2D eigenvalue weighted by Crippen LogP contribution is 1.93. The van der Waals surface area contributed by atoms with Crippen LogP contribution < -0.4 is 10.6 Å². The molecule has 0 unspecified atom stereocenters. The van der Waals surface area contributed by atoms with Crippen molar-refractivity contribution in [3.63, 3.8) is 0 Å². The first-order chi connectivity index (χ1) is 7.63. The minimum Gasteiger partial charge on any atom is -0.379 e. The van der Waals surface area contributed by atoms with Gasteiger partial charge in [-0.3, -0.25) is 0 Å². The van der Waals surface area contributed by atoms with Crippen molar-refractivity contribution in [3.8, 4) is 0 Å². The van der Waals surface area contributed by atoms with Gasteiger partial charge in [-0.25, -0.2) is 0 Å².